The van der Waals surface area contributed by atoms with Crippen molar-refractivity contribution in [2.45, 2.75) is 39.7 Å². The monoisotopic (exact) mass is 171 g/mol. The first-order valence-electron chi connectivity index (χ1n) is 4.90. The number of aliphatic hydroxyl groups is 1. The molecule has 1 saturated heterocycles. The van der Waals surface area contributed by atoms with E-state index in [1.54, 1.807) is 0 Å². The molecule has 0 aliphatic carbocycles. The zero-order valence-electron chi connectivity index (χ0n) is 8.43. The summed E-state index contributed by atoms with van der Waals surface area (Å²) in [6, 6.07) is 0. The molecule has 2 atom stereocenters. The Kier molecular flexibility index (Phi) is 3.13. The molecule has 1 heterocycles. The van der Waals surface area contributed by atoms with Gasteiger partial charge in [-0.05, 0) is 24.2 Å². The van der Waals surface area contributed by atoms with E-state index in [0.29, 0.717) is 11.3 Å². The standard InChI is InChI=1S/C10H21NO/c1-8-4-5-10(2,3)7-11-6-9(8)12/h8-9,11-12H,4-7H2,1-3H3. The molecule has 0 aromatic carbocycles. The number of β-amino-alcohol motifs (C(OH)–C–C–N with tert-alkyl or cyclic N) is 1. The van der Waals surface area contributed by atoms with Crippen molar-refractivity contribution in [2.24, 2.45) is 11.3 Å². The van der Waals surface area contributed by atoms with Crippen molar-refractivity contribution in [2.75, 3.05) is 13.1 Å². The number of hydrogen-bond acceptors (Lipinski definition) is 2. The molecule has 0 aromatic heterocycles. The van der Waals surface area contributed by atoms with Crippen LogP contribution in [0.1, 0.15) is 33.6 Å². The van der Waals surface area contributed by atoms with Crippen molar-refractivity contribution >= 4 is 0 Å². The number of aliphatic hydroxyl groups excluding tert-OH is 1. The summed E-state index contributed by atoms with van der Waals surface area (Å²) in [6.07, 6.45) is 2.20. The molecule has 2 heteroatoms. The maximum Gasteiger partial charge on any atom is 0.0690 e. The summed E-state index contributed by atoms with van der Waals surface area (Å²) in [5.74, 6) is 0.442. The zero-order chi connectivity index (χ0) is 9.19. The Hall–Kier alpha value is -0.0800. The maximum absolute atomic E-state index is 9.59. The van der Waals surface area contributed by atoms with Crippen LogP contribution in [0.25, 0.3) is 0 Å². The zero-order valence-corrected chi connectivity index (χ0v) is 8.43. The Morgan fingerprint density at radius 3 is 2.75 bits per heavy atom. The van der Waals surface area contributed by atoms with Crippen molar-refractivity contribution in [3.05, 3.63) is 0 Å². The fourth-order valence-electron chi connectivity index (χ4n) is 1.66. The minimum Gasteiger partial charge on any atom is -0.392 e. The highest BCUT2D eigenvalue weighted by Gasteiger charge is 2.24. The van der Waals surface area contributed by atoms with Gasteiger partial charge in [-0.15, -0.1) is 0 Å². The smallest absolute Gasteiger partial charge is 0.0690 e. The summed E-state index contributed by atoms with van der Waals surface area (Å²) in [6.45, 7) is 8.48. The van der Waals surface area contributed by atoms with Gasteiger partial charge in [-0.1, -0.05) is 20.8 Å². The first kappa shape index (κ1) is 10.0. The van der Waals surface area contributed by atoms with Gasteiger partial charge in [0.1, 0.15) is 0 Å². The summed E-state index contributed by atoms with van der Waals surface area (Å²) in [7, 11) is 0. The van der Waals surface area contributed by atoms with E-state index < -0.39 is 0 Å². The second kappa shape index (κ2) is 3.75. The molecule has 1 fully saturated rings. The number of rotatable bonds is 0. The average Bonchev–Trinajstić information content (AvgIpc) is 1.98. The van der Waals surface area contributed by atoms with Crippen molar-refractivity contribution in [3.63, 3.8) is 0 Å². The Bertz CT molecular complexity index is 145. The van der Waals surface area contributed by atoms with Gasteiger partial charge in [-0.25, -0.2) is 0 Å². The Morgan fingerprint density at radius 1 is 1.42 bits per heavy atom. The number of hydrogen-bond donors (Lipinski definition) is 2. The molecule has 2 unspecified atom stereocenters. The van der Waals surface area contributed by atoms with Crippen LogP contribution in [0, 0.1) is 11.3 Å². The van der Waals surface area contributed by atoms with E-state index in [0.717, 1.165) is 19.5 Å². The summed E-state index contributed by atoms with van der Waals surface area (Å²) in [5, 5.41) is 12.9. The lowest BCUT2D eigenvalue weighted by Gasteiger charge is -2.32. The Morgan fingerprint density at radius 2 is 2.08 bits per heavy atom. The van der Waals surface area contributed by atoms with Gasteiger partial charge in [-0.2, -0.15) is 0 Å². The lowest BCUT2D eigenvalue weighted by molar-refractivity contribution is 0.0851. The van der Waals surface area contributed by atoms with Gasteiger partial charge in [0.25, 0.3) is 0 Å². The largest absolute Gasteiger partial charge is 0.392 e. The van der Waals surface area contributed by atoms with Crippen LogP contribution in [0.5, 0.6) is 0 Å². The summed E-state index contributed by atoms with van der Waals surface area (Å²) >= 11 is 0. The normalized spacial score (nSPS) is 37.0. The van der Waals surface area contributed by atoms with Crippen LogP contribution in [0.3, 0.4) is 0 Å². The molecule has 1 rings (SSSR count). The minimum absolute atomic E-state index is 0.152. The molecule has 0 bridgehead atoms. The minimum atomic E-state index is -0.152. The van der Waals surface area contributed by atoms with Crippen molar-refractivity contribution in [3.8, 4) is 0 Å². The molecule has 0 saturated carbocycles. The van der Waals surface area contributed by atoms with Gasteiger partial charge in [0.2, 0.25) is 0 Å². The highest BCUT2D eigenvalue weighted by Crippen LogP contribution is 2.26. The molecule has 1 aliphatic heterocycles. The summed E-state index contributed by atoms with van der Waals surface area (Å²) in [5.41, 5.74) is 0.397. The fourth-order valence-corrected chi connectivity index (χ4v) is 1.66. The molecule has 0 aromatic rings. The summed E-state index contributed by atoms with van der Waals surface area (Å²) < 4.78 is 0. The lowest BCUT2D eigenvalue weighted by Crippen LogP contribution is -2.40. The predicted octanol–water partition coefficient (Wildman–Crippen LogP) is 1.39. The molecule has 0 radical (unpaired) electrons. The van der Waals surface area contributed by atoms with Gasteiger partial charge in [0.15, 0.2) is 0 Å². The van der Waals surface area contributed by atoms with Crippen LogP contribution in [-0.2, 0) is 0 Å². The summed E-state index contributed by atoms with van der Waals surface area (Å²) in [4.78, 5) is 0. The molecular formula is C10H21NO. The molecule has 0 amide bonds. The van der Waals surface area contributed by atoms with Crippen LogP contribution >= 0.6 is 0 Å². The van der Waals surface area contributed by atoms with Gasteiger partial charge >= 0.3 is 0 Å². The van der Waals surface area contributed by atoms with E-state index in [9.17, 15) is 5.11 Å². The highest BCUT2D eigenvalue weighted by atomic mass is 16.3. The highest BCUT2D eigenvalue weighted by molar-refractivity contribution is 4.79. The first-order chi connectivity index (χ1) is 5.51. The van der Waals surface area contributed by atoms with E-state index in [1.807, 2.05) is 0 Å². The van der Waals surface area contributed by atoms with E-state index in [2.05, 4.69) is 26.1 Å². The predicted molar refractivity (Wildman–Crippen MR) is 51.1 cm³/mol. The average molecular weight is 171 g/mol. The fraction of sp³-hybridized carbons (Fsp3) is 1.00. The van der Waals surface area contributed by atoms with Gasteiger partial charge in [0.05, 0.1) is 6.10 Å². The molecule has 12 heavy (non-hydrogen) atoms. The van der Waals surface area contributed by atoms with E-state index in [-0.39, 0.29) is 6.10 Å². The van der Waals surface area contributed by atoms with Crippen molar-refractivity contribution < 1.29 is 5.11 Å². The van der Waals surface area contributed by atoms with E-state index in [4.69, 9.17) is 0 Å². The van der Waals surface area contributed by atoms with Crippen LogP contribution in [0.15, 0.2) is 0 Å². The van der Waals surface area contributed by atoms with E-state index in [1.165, 1.54) is 6.42 Å². The van der Waals surface area contributed by atoms with Gasteiger partial charge in [0, 0.05) is 13.1 Å². The van der Waals surface area contributed by atoms with Crippen LogP contribution in [-0.4, -0.2) is 24.3 Å². The first-order valence-corrected chi connectivity index (χ1v) is 4.90. The molecular weight excluding hydrogens is 150 g/mol. The SMILES string of the molecule is CC1CCC(C)(C)CNCC1O. The maximum atomic E-state index is 9.59. The quantitative estimate of drug-likeness (QED) is 0.577. The van der Waals surface area contributed by atoms with Crippen LogP contribution in [0.2, 0.25) is 0 Å². The Labute approximate surface area is 75.4 Å². The molecule has 2 nitrogen and oxygen atoms in total. The molecule has 72 valence electrons. The lowest BCUT2D eigenvalue weighted by atomic mass is 9.82. The van der Waals surface area contributed by atoms with Crippen molar-refractivity contribution in [1.82, 2.24) is 5.32 Å². The Balaban J connectivity index is 2.46. The number of nitrogens with one attached hydrogen (secondary N) is 1. The van der Waals surface area contributed by atoms with Crippen molar-refractivity contribution in [1.29, 1.82) is 0 Å². The molecule has 0 spiro atoms. The molecule has 2 N–H and O–H groups in total. The van der Waals surface area contributed by atoms with Crippen LogP contribution in [0.4, 0.5) is 0 Å². The van der Waals surface area contributed by atoms with E-state index >= 15 is 0 Å². The second-order valence-corrected chi connectivity index (χ2v) is 4.88. The van der Waals surface area contributed by atoms with Gasteiger partial charge < -0.3 is 10.4 Å². The third kappa shape index (κ3) is 2.76. The van der Waals surface area contributed by atoms with Crippen LogP contribution < -0.4 is 5.32 Å². The third-order valence-corrected chi connectivity index (χ3v) is 2.89. The third-order valence-electron chi connectivity index (χ3n) is 2.89. The van der Waals surface area contributed by atoms with Gasteiger partial charge in [-0.3, -0.25) is 0 Å². The second-order valence-electron chi connectivity index (χ2n) is 4.88. The topological polar surface area (TPSA) is 32.3 Å². The molecule has 1 aliphatic rings.